The molecular formula is C25H24ClNO4. The minimum Gasteiger partial charge on any atom is -0.487 e. The summed E-state index contributed by atoms with van der Waals surface area (Å²) in [6, 6.07) is 15.0. The summed E-state index contributed by atoms with van der Waals surface area (Å²) in [5.41, 5.74) is 3.67. The van der Waals surface area contributed by atoms with Crippen molar-refractivity contribution < 1.29 is 19.0 Å². The van der Waals surface area contributed by atoms with Crippen LogP contribution in [0.1, 0.15) is 29.2 Å². The fourth-order valence-corrected chi connectivity index (χ4v) is 3.18. The smallest absolute Gasteiger partial charge is 0.330 e. The van der Waals surface area contributed by atoms with E-state index in [0.29, 0.717) is 29.9 Å². The first-order valence-corrected chi connectivity index (χ1v) is 10.3. The summed E-state index contributed by atoms with van der Waals surface area (Å²) < 4.78 is 16.7. The minimum atomic E-state index is -0.362. The van der Waals surface area contributed by atoms with Crippen molar-refractivity contribution in [1.82, 2.24) is 4.98 Å². The van der Waals surface area contributed by atoms with Crippen LogP contribution in [0.5, 0.6) is 17.4 Å². The Morgan fingerprint density at radius 3 is 2.48 bits per heavy atom. The van der Waals surface area contributed by atoms with Gasteiger partial charge >= 0.3 is 5.97 Å². The van der Waals surface area contributed by atoms with E-state index in [1.807, 2.05) is 50.2 Å². The van der Waals surface area contributed by atoms with Gasteiger partial charge in [0, 0.05) is 22.7 Å². The molecule has 0 saturated heterocycles. The maximum absolute atomic E-state index is 11.5. The molecule has 2 aromatic carbocycles. The Bertz CT molecular complexity index is 1050. The molecule has 0 radical (unpaired) electrons. The minimum absolute atomic E-state index is 0.352. The molecule has 160 valence electrons. The highest BCUT2D eigenvalue weighted by atomic mass is 35.5. The van der Waals surface area contributed by atoms with Crippen LogP contribution in [0.2, 0.25) is 5.02 Å². The standard InChI is InChI=1S/C25H24ClNO4/c1-4-29-24(28)12-9-19-13-17(2)25(18(3)14-19)31-23-11-10-21(15-27-23)30-16-20-7-5-6-8-22(20)26/h5-15H,4,16H2,1-3H3/b12-9+. The van der Waals surface area contributed by atoms with Crippen molar-refractivity contribution in [3.8, 4) is 17.4 Å². The predicted molar refractivity (Wildman–Crippen MR) is 122 cm³/mol. The average Bonchev–Trinajstić information content (AvgIpc) is 2.75. The van der Waals surface area contributed by atoms with Crippen molar-refractivity contribution in [2.45, 2.75) is 27.4 Å². The number of esters is 1. The summed E-state index contributed by atoms with van der Waals surface area (Å²) in [4.78, 5) is 15.8. The summed E-state index contributed by atoms with van der Waals surface area (Å²) in [5, 5.41) is 0.668. The Hall–Kier alpha value is -3.31. The van der Waals surface area contributed by atoms with Crippen molar-refractivity contribution in [2.24, 2.45) is 0 Å². The molecule has 0 amide bonds. The molecule has 3 rings (SSSR count). The van der Waals surface area contributed by atoms with Crippen molar-refractivity contribution in [3.05, 3.63) is 88.1 Å². The number of carbonyl (C=O) groups excluding carboxylic acids is 1. The molecule has 0 aliphatic heterocycles. The van der Waals surface area contributed by atoms with Gasteiger partial charge in [0.1, 0.15) is 18.1 Å². The first-order valence-electron chi connectivity index (χ1n) is 9.92. The van der Waals surface area contributed by atoms with Crippen LogP contribution in [-0.2, 0) is 16.1 Å². The summed E-state index contributed by atoms with van der Waals surface area (Å²) in [7, 11) is 0. The molecule has 1 aromatic heterocycles. The fourth-order valence-electron chi connectivity index (χ4n) is 2.99. The molecule has 0 aliphatic rings. The molecule has 0 N–H and O–H groups in total. The van der Waals surface area contributed by atoms with E-state index in [9.17, 15) is 4.79 Å². The van der Waals surface area contributed by atoms with E-state index in [1.165, 1.54) is 6.08 Å². The highest BCUT2D eigenvalue weighted by molar-refractivity contribution is 6.31. The molecule has 6 heteroatoms. The zero-order valence-corrected chi connectivity index (χ0v) is 18.5. The normalized spacial score (nSPS) is 10.8. The molecule has 0 fully saturated rings. The number of aromatic nitrogens is 1. The number of benzene rings is 2. The second-order valence-electron chi connectivity index (χ2n) is 6.88. The Labute approximate surface area is 187 Å². The monoisotopic (exact) mass is 437 g/mol. The summed E-state index contributed by atoms with van der Waals surface area (Å²) in [6.07, 6.45) is 4.76. The second-order valence-corrected chi connectivity index (χ2v) is 7.29. The van der Waals surface area contributed by atoms with E-state index in [1.54, 1.807) is 31.3 Å². The first-order chi connectivity index (χ1) is 15.0. The van der Waals surface area contributed by atoms with Crippen LogP contribution in [0, 0.1) is 13.8 Å². The molecule has 0 atom stereocenters. The third-order valence-electron chi connectivity index (χ3n) is 4.45. The maximum Gasteiger partial charge on any atom is 0.330 e. The van der Waals surface area contributed by atoms with Gasteiger partial charge in [0.2, 0.25) is 5.88 Å². The van der Waals surface area contributed by atoms with Crippen molar-refractivity contribution >= 4 is 23.6 Å². The van der Waals surface area contributed by atoms with Gasteiger partial charge in [-0.05, 0) is 67.8 Å². The maximum atomic E-state index is 11.5. The summed E-state index contributed by atoms with van der Waals surface area (Å²) in [6.45, 7) is 6.39. The van der Waals surface area contributed by atoms with E-state index < -0.39 is 0 Å². The van der Waals surface area contributed by atoms with Gasteiger partial charge in [-0.2, -0.15) is 0 Å². The number of ether oxygens (including phenoxy) is 3. The van der Waals surface area contributed by atoms with E-state index in [4.69, 9.17) is 25.8 Å². The molecule has 3 aromatic rings. The average molecular weight is 438 g/mol. The third-order valence-corrected chi connectivity index (χ3v) is 4.82. The number of hydrogen-bond donors (Lipinski definition) is 0. The zero-order valence-electron chi connectivity index (χ0n) is 17.7. The van der Waals surface area contributed by atoms with Gasteiger partial charge in [0.15, 0.2) is 0 Å². The van der Waals surface area contributed by atoms with Crippen LogP contribution < -0.4 is 9.47 Å². The molecule has 0 saturated carbocycles. The molecule has 0 unspecified atom stereocenters. The van der Waals surface area contributed by atoms with Crippen LogP contribution in [0.25, 0.3) is 6.08 Å². The lowest BCUT2D eigenvalue weighted by atomic mass is 10.1. The van der Waals surface area contributed by atoms with E-state index in [0.717, 1.165) is 28.0 Å². The number of rotatable bonds is 8. The van der Waals surface area contributed by atoms with Crippen LogP contribution >= 0.6 is 11.6 Å². The van der Waals surface area contributed by atoms with Gasteiger partial charge in [-0.3, -0.25) is 0 Å². The quantitative estimate of drug-likeness (QED) is 0.305. The van der Waals surface area contributed by atoms with E-state index >= 15 is 0 Å². The molecule has 0 aliphatic carbocycles. The Morgan fingerprint density at radius 2 is 1.84 bits per heavy atom. The zero-order chi connectivity index (χ0) is 22.2. The number of halogens is 1. The number of hydrogen-bond acceptors (Lipinski definition) is 5. The summed E-state index contributed by atoms with van der Waals surface area (Å²) >= 11 is 6.15. The van der Waals surface area contributed by atoms with Gasteiger partial charge in [-0.1, -0.05) is 29.8 Å². The van der Waals surface area contributed by atoms with Crippen LogP contribution in [-0.4, -0.2) is 17.6 Å². The second kappa shape index (κ2) is 10.6. The van der Waals surface area contributed by atoms with Crippen molar-refractivity contribution in [2.75, 3.05) is 6.61 Å². The lowest BCUT2D eigenvalue weighted by Gasteiger charge is -2.13. The van der Waals surface area contributed by atoms with Crippen LogP contribution in [0.3, 0.4) is 0 Å². The van der Waals surface area contributed by atoms with Gasteiger partial charge in [0.25, 0.3) is 0 Å². The van der Waals surface area contributed by atoms with Crippen molar-refractivity contribution in [3.63, 3.8) is 0 Å². The summed E-state index contributed by atoms with van der Waals surface area (Å²) in [5.74, 6) is 1.45. The van der Waals surface area contributed by atoms with Gasteiger partial charge in [-0.15, -0.1) is 0 Å². The number of aryl methyl sites for hydroxylation is 2. The van der Waals surface area contributed by atoms with Crippen LogP contribution in [0.15, 0.2) is 60.8 Å². The Balaban J connectivity index is 1.65. The SMILES string of the molecule is CCOC(=O)/C=C/c1cc(C)c(Oc2ccc(OCc3ccccc3Cl)cn2)c(C)c1. The van der Waals surface area contributed by atoms with Gasteiger partial charge < -0.3 is 14.2 Å². The fraction of sp³-hybridized carbons (Fsp3) is 0.200. The van der Waals surface area contributed by atoms with Gasteiger partial charge in [0.05, 0.1) is 12.8 Å². The number of nitrogens with zero attached hydrogens (tertiary/aromatic N) is 1. The highest BCUT2D eigenvalue weighted by Crippen LogP contribution is 2.30. The number of pyridine rings is 1. The largest absolute Gasteiger partial charge is 0.487 e. The number of carbonyl (C=O) groups is 1. The van der Waals surface area contributed by atoms with Crippen LogP contribution in [0.4, 0.5) is 0 Å². The van der Waals surface area contributed by atoms with E-state index in [-0.39, 0.29) is 5.97 Å². The predicted octanol–water partition coefficient (Wildman–Crippen LogP) is 6.30. The molecule has 0 bridgehead atoms. The van der Waals surface area contributed by atoms with E-state index in [2.05, 4.69) is 4.98 Å². The van der Waals surface area contributed by atoms with Gasteiger partial charge in [-0.25, -0.2) is 9.78 Å². The molecule has 31 heavy (non-hydrogen) atoms. The highest BCUT2D eigenvalue weighted by Gasteiger charge is 2.09. The Kier molecular flexibility index (Phi) is 7.68. The third kappa shape index (κ3) is 6.33. The lowest BCUT2D eigenvalue weighted by molar-refractivity contribution is -0.137. The molecular weight excluding hydrogens is 414 g/mol. The Morgan fingerprint density at radius 1 is 1.10 bits per heavy atom. The molecule has 0 spiro atoms. The molecule has 5 nitrogen and oxygen atoms in total. The lowest BCUT2D eigenvalue weighted by Crippen LogP contribution is -1.99. The topological polar surface area (TPSA) is 57.7 Å². The first kappa shape index (κ1) is 22.4. The van der Waals surface area contributed by atoms with Crippen molar-refractivity contribution in [1.29, 1.82) is 0 Å². The molecule has 1 heterocycles.